The van der Waals surface area contributed by atoms with E-state index in [4.69, 9.17) is 0 Å². The second-order valence-corrected chi connectivity index (χ2v) is 10.6. The Morgan fingerprint density at radius 2 is 0.676 bits per heavy atom. The van der Waals surface area contributed by atoms with E-state index in [-0.39, 0.29) is 0 Å². The van der Waals surface area contributed by atoms with Crippen LogP contribution in [0.5, 0.6) is 0 Å². The summed E-state index contributed by atoms with van der Waals surface area (Å²) in [5.41, 5.74) is 1.23. The summed E-state index contributed by atoms with van der Waals surface area (Å²) < 4.78 is 0. The van der Waals surface area contributed by atoms with Crippen molar-refractivity contribution in [1.82, 2.24) is 0 Å². The van der Waals surface area contributed by atoms with E-state index >= 15 is 0 Å². The lowest BCUT2D eigenvalue weighted by molar-refractivity contribution is -0.210. The van der Waals surface area contributed by atoms with Crippen molar-refractivity contribution in [3.8, 4) is 0 Å². The molecule has 34 heavy (non-hydrogen) atoms. The van der Waals surface area contributed by atoms with Crippen LogP contribution < -0.4 is 0 Å². The van der Waals surface area contributed by atoms with Gasteiger partial charge in [-0.25, -0.2) is 0 Å². The fourth-order valence-electron chi connectivity index (χ4n) is 6.01. The molecule has 0 spiro atoms. The topological polar surface area (TPSA) is 40.5 Å². The highest BCUT2D eigenvalue weighted by Gasteiger charge is 2.50. The van der Waals surface area contributed by atoms with Gasteiger partial charge < -0.3 is 10.2 Å². The maximum atomic E-state index is 11.8. The first-order valence-corrected chi connectivity index (χ1v) is 14.2. The van der Waals surface area contributed by atoms with Crippen LogP contribution in [0.15, 0.2) is 60.7 Å². The van der Waals surface area contributed by atoms with Crippen molar-refractivity contribution in [2.45, 2.75) is 127 Å². The van der Waals surface area contributed by atoms with Crippen molar-refractivity contribution >= 4 is 0 Å². The molecule has 2 aromatic rings. The molecule has 3 rings (SSSR count). The highest BCUT2D eigenvalue weighted by Crippen LogP contribution is 2.47. The number of hydrogen-bond donors (Lipinski definition) is 2. The van der Waals surface area contributed by atoms with E-state index in [1.807, 2.05) is 36.4 Å². The van der Waals surface area contributed by atoms with Crippen LogP contribution in [0.2, 0.25) is 0 Å². The van der Waals surface area contributed by atoms with Gasteiger partial charge in [-0.2, -0.15) is 0 Å². The molecule has 1 aliphatic carbocycles. The van der Waals surface area contributed by atoms with E-state index in [9.17, 15) is 10.2 Å². The van der Waals surface area contributed by atoms with E-state index in [2.05, 4.69) is 24.3 Å². The van der Waals surface area contributed by atoms with Crippen molar-refractivity contribution in [1.29, 1.82) is 0 Å². The van der Waals surface area contributed by atoms with Crippen LogP contribution in [-0.2, 0) is 5.41 Å². The van der Waals surface area contributed by atoms with Gasteiger partial charge in [-0.05, 0) is 24.0 Å². The van der Waals surface area contributed by atoms with Gasteiger partial charge >= 0.3 is 0 Å². The summed E-state index contributed by atoms with van der Waals surface area (Å²) in [4.78, 5) is 0. The van der Waals surface area contributed by atoms with Gasteiger partial charge in [-0.3, -0.25) is 0 Å². The predicted octanol–water partition coefficient (Wildman–Crippen LogP) is 8.69. The molecular weight excluding hydrogens is 416 g/mol. The average molecular weight is 465 g/mol. The fraction of sp³-hybridized carbons (Fsp3) is 0.625. The summed E-state index contributed by atoms with van der Waals surface area (Å²) in [6, 6.07) is 20.5. The van der Waals surface area contributed by atoms with E-state index in [0.717, 1.165) is 43.2 Å². The van der Waals surface area contributed by atoms with Crippen molar-refractivity contribution in [2.75, 3.05) is 0 Å². The van der Waals surface area contributed by atoms with Gasteiger partial charge in [-0.1, -0.05) is 157 Å². The SMILES string of the molecule is OC1(O)CCCCCCCCCCCCCCCCCCC1(c1ccccc1)c1ccccc1. The summed E-state index contributed by atoms with van der Waals surface area (Å²) in [5, 5.41) is 23.6. The lowest BCUT2D eigenvalue weighted by atomic mass is 9.64. The second kappa shape index (κ2) is 14.7. The van der Waals surface area contributed by atoms with Crippen LogP contribution in [0.4, 0.5) is 0 Å². The number of rotatable bonds is 2. The predicted molar refractivity (Wildman–Crippen MR) is 144 cm³/mol. The summed E-state index contributed by atoms with van der Waals surface area (Å²) in [6.45, 7) is 0. The third kappa shape index (κ3) is 7.68. The molecule has 0 radical (unpaired) electrons. The van der Waals surface area contributed by atoms with E-state index in [0.29, 0.717) is 6.42 Å². The Kier molecular flexibility index (Phi) is 11.6. The first-order valence-electron chi connectivity index (χ1n) is 14.2. The highest BCUT2D eigenvalue weighted by molar-refractivity contribution is 5.42. The van der Waals surface area contributed by atoms with Gasteiger partial charge in [0.1, 0.15) is 0 Å². The van der Waals surface area contributed by atoms with Crippen LogP contribution in [-0.4, -0.2) is 16.0 Å². The third-order valence-corrected chi connectivity index (χ3v) is 8.04. The van der Waals surface area contributed by atoms with Crippen LogP contribution in [0, 0.1) is 0 Å². The average Bonchev–Trinajstić information content (AvgIpc) is 2.86. The van der Waals surface area contributed by atoms with Gasteiger partial charge in [0, 0.05) is 6.42 Å². The summed E-state index contributed by atoms with van der Waals surface area (Å²) in [5.74, 6) is -1.78. The minimum absolute atomic E-state index is 0.413. The van der Waals surface area contributed by atoms with Crippen LogP contribution in [0.25, 0.3) is 0 Å². The number of benzene rings is 2. The molecule has 0 atom stereocenters. The molecular formula is C32H48O2. The van der Waals surface area contributed by atoms with Crippen molar-refractivity contribution in [2.24, 2.45) is 0 Å². The van der Waals surface area contributed by atoms with Gasteiger partial charge in [0.2, 0.25) is 0 Å². The Bertz CT molecular complexity index is 729. The van der Waals surface area contributed by atoms with E-state index in [1.165, 1.54) is 77.0 Å². The van der Waals surface area contributed by atoms with Crippen molar-refractivity contribution in [3.05, 3.63) is 71.8 Å². The van der Waals surface area contributed by atoms with Gasteiger partial charge in [0.05, 0.1) is 5.41 Å². The van der Waals surface area contributed by atoms with E-state index < -0.39 is 11.2 Å². The molecule has 0 aliphatic heterocycles. The molecule has 0 unspecified atom stereocenters. The Morgan fingerprint density at radius 3 is 1.03 bits per heavy atom. The highest BCUT2D eigenvalue weighted by atomic mass is 16.5. The molecule has 188 valence electrons. The molecule has 2 nitrogen and oxygen atoms in total. The largest absolute Gasteiger partial charge is 0.365 e. The monoisotopic (exact) mass is 464 g/mol. The molecule has 2 heteroatoms. The lowest BCUT2D eigenvalue weighted by Crippen LogP contribution is -2.52. The number of hydrogen-bond acceptors (Lipinski definition) is 2. The van der Waals surface area contributed by atoms with Crippen molar-refractivity contribution in [3.63, 3.8) is 0 Å². The standard InChI is InChI=1S/C32H48O2/c33-32(34)28-22-14-12-10-8-6-4-2-1-3-5-7-9-11-13-21-27-31(32,29-23-17-15-18-24-29)30-25-19-16-20-26-30/h15-20,23-26,33-34H,1-14,21-22,27-28H2. The second-order valence-electron chi connectivity index (χ2n) is 10.6. The fourth-order valence-corrected chi connectivity index (χ4v) is 6.01. The molecule has 1 fully saturated rings. The molecule has 2 aromatic carbocycles. The zero-order valence-corrected chi connectivity index (χ0v) is 21.4. The first kappa shape index (κ1) is 27.0. The molecule has 0 amide bonds. The summed E-state index contributed by atoms with van der Waals surface area (Å²) in [6.07, 6.45) is 21.2. The van der Waals surface area contributed by atoms with Crippen LogP contribution in [0.3, 0.4) is 0 Å². The smallest absolute Gasteiger partial charge is 0.176 e. The Hall–Kier alpha value is -1.64. The molecule has 0 heterocycles. The maximum absolute atomic E-state index is 11.8. The van der Waals surface area contributed by atoms with Gasteiger partial charge in [-0.15, -0.1) is 0 Å². The Labute approximate surface area is 208 Å². The minimum atomic E-state index is -1.78. The van der Waals surface area contributed by atoms with Crippen LogP contribution in [0.1, 0.15) is 127 Å². The van der Waals surface area contributed by atoms with Gasteiger partial charge in [0.25, 0.3) is 0 Å². The zero-order chi connectivity index (χ0) is 24.0. The molecule has 1 saturated carbocycles. The molecule has 0 aromatic heterocycles. The minimum Gasteiger partial charge on any atom is -0.365 e. The molecule has 2 N–H and O–H groups in total. The van der Waals surface area contributed by atoms with Gasteiger partial charge in [0.15, 0.2) is 5.79 Å². The van der Waals surface area contributed by atoms with Crippen molar-refractivity contribution < 1.29 is 10.2 Å². The first-order chi connectivity index (χ1) is 16.7. The van der Waals surface area contributed by atoms with Crippen LogP contribution >= 0.6 is 0 Å². The quantitative estimate of drug-likeness (QED) is 0.436. The zero-order valence-electron chi connectivity index (χ0n) is 21.4. The number of aliphatic hydroxyl groups is 2. The molecule has 0 saturated heterocycles. The summed E-state index contributed by atoms with van der Waals surface area (Å²) >= 11 is 0. The lowest BCUT2D eigenvalue weighted by Gasteiger charge is -2.45. The Morgan fingerprint density at radius 1 is 0.382 bits per heavy atom. The molecule has 0 bridgehead atoms. The normalized spacial score (nSPS) is 21.9. The third-order valence-electron chi connectivity index (χ3n) is 8.04. The summed E-state index contributed by atoms with van der Waals surface area (Å²) in [7, 11) is 0. The molecule has 1 aliphatic rings. The Balaban J connectivity index is 1.82. The van der Waals surface area contributed by atoms with E-state index in [1.54, 1.807) is 0 Å². The maximum Gasteiger partial charge on any atom is 0.176 e.